The maximum atomic E-state index is 13.5. The highest BCUT2D eigenvalue weighted by atomic mass is 32.2. The van der Waals surface area contributed by atoms with Crippen LogP contribution in [-0.2, 0) is 36.1 Å². The molecule has 6 nitrogen and oxygen atoms in total. The molecule has 1 aromatic heterocycles. The lowest BCUT2D eigenvalue weighted by molar-refractivity contribution is 0.0753. The Kier molecular flexibility index (Phi) is 7.52. The molecule has 8 heteroatoms. The number of carbonyl (C=O) groups excluding carboxylic acids is 1. The highest BCUT2D eigenvalue weighted by molar-refractivity contribution is 7.89. The van der Waals surface area contributed by atoms with Gasteiger partial charge in [0, 0.05) is 32.7 Å². The lowest BCUT2D eigenvalue weighted by Gasteiger charge is -2.28. The molecule has 4 rings (SSSR count). The summed E-state index contributed by atoms with van der Waals surface area (Å²) in [7, 11) is 0.280. The Morgan fingerprint density at radius 3 is 2.26 bits per heavy atom. The van der Waals surface area contributed by atoms with Gasteiger partial charge in [-0.25, -0.2) is 8.42 Å². The van der Waals surface area contributed by atoms with Crippen molar-refractivity contribution in [2.45, 2.75) is 37.9 Å². The van der Waals surface area contributed by atoms with Crippen LogP contribution in [0.2, 0.25) is 0 Å². The zero-order chi connectivity index (χ0) is 24.3. The first-order chi connectivity index (χ1) is 16.3. The van der Waals surface area contributed by atoms with Crippen molar-refractivity contribution in [3.05, 3.63) is 87.1 Å². The molecule has 0 fully saturated rings. The number of sulfonamides is 1. The van der Waals surface area contributed by atoms with Crippen LogP contribution in [0.15, 0.2) is 64.9 Å². The molecule has 0 saturated carbocycles. The average Bonchev–Trinajstić information content (AvgIpc) is 3.33. The van der Waals surface area contributed by atoms with E-state index < -0.39 is 10.0 Å². The third-order valence-corrected chi connectivity index (χ3v) is 9.02. The van der Waals surface area contributed by atoms with Crippen LogP contribution >= 0.6 is 11.3 Å². The molecule has 0 spiro atoms. The van der Waals surface area contributed by atoms with Gasteiger partial charge in [-0.2, -0.15) is 4.31 Å². The lowest BCUT2D eigenvalue weighted by Crippen LogP contribution is -2.37. The monoisotopic (exact) mass is 497 g/mol. The summed E-state index contributed by atoms with van der Waals surface area (Å²) in [4.78, 5) is 17.7. The zero-order valence-corrected chi connectivity index (χ0v) is 21.5. The minimum atomic E-state index is -3.78. The second-order valence-corrected chi connectivity index (χ2v) is 11.7. The van der Waals surface area contributed by atoms with Gasteiger partial charge in [0.15, 0.2) is 0 Å². The molecule has 0 aliphatic carbocycles. The summed E-state index contributed by atoms with van der Waals surface area (Å²) in [5.74, 6) is -0.245. The van der Waals surface area contributed by atoms with Crippen molar-refractivity contribution in [3.8, 4) is 0 Å². The van der Waals surface area contributed by atoms with E-state index in [-0.39, 0.29) is 15.7 Å². The topological polar surface area (TPSA) is 60.9 Å². The number of fused-ring (bicyclic) bond motifs is 1. The van der Waals surface area contributed by atoms with E-state index in [0.717, 1.165) is 17.7 Å². The van der Waals surface area contributed by atoms with Crippen LogP contribution in [0.25, 0.3) is 0 Å². The first-order valence-corrected chi connectivity index (χ1v) is 13.8. The Morgan fingerprint density at radius 1 is 0.971 bits per heavy atom. The van der Waals surface area contributed by atoms with Crippen molar-refractivity contribution in [3.63, 3.8) is 0 Å². The second kappa shape index (κ2) is 10.4. The van der Waals surface area contributed by atoms with E-state index in [2.05, 4.69) is 17.0 Å². The zero-order valence-electron chi connectivity index (χ0n) is 19.9. The van der Waals surface area contributed by atoms with E-state index in [0.29, 0.717) is 32.6 Å². The molecule has 2 aromatic carbocycles. The predicted octanol–water partition coefficient (Wildman–Crippen LogP) is 4.22. The normalized spacial score (nSPS) is 14.2. The number of hydrogen-bond donors (Lipinski definition) is 0. The number of benzene rings is 2. The molecule has 3 aromatic rings. The fourth-order valence-corrected chi connectivity index (χ4v) is 7.06. The van der Waals surface area contributed by atoms with E-state index in [4.69, 9.17) is 0 Å². The number of hydrogen-bond acceptors (Lipinski definition) is 5. The molecule has 0 atom stereocenters. The maximum Gasteiger partial charge on any atom is 0.265 e. The number of thiophene rings is 1. The molecule has 0 N–H and O–H groups in total. The molecule has 34 heavy (non-hydrogen) atoms. The summed E-state index contributed by atoms with van der Waals surface area (Å²) in [6.45, 7) is 4.45. The molecule has 1 aliphatic rings. The molecule has 0 saturated heterocycles. The van der Waals surface area contributed by atoms with Crippen molar-refractivity contribution in [1.82, 2.24) is 14.1 Å². The Balaban J connectivity index is 1.53. The molecule has 1 amide bonds. The van der Waals surface area contributed by atoms with Crippen LogP contribution in [0.5, 0.6) is 0 Å². The average molecular weight is 498 g/mol. The Labute approximate surface area is 206 Å². The molecule has 2 heterocycles. The van der Waals surface area contributed by atoms with Gasteiger partial charge in [0.2, 0.25) is 10.0 Å². The quantitative estimate of drug-likeness (QED) is 0.468. The first kappa shape index (κ1) is 24.6. The van der Waals surface area contributed by atoms with Crippen molar-refractivity contribution in [1.29, 1.82) is 0 Å². The largest absolute Gasteiger partial charge is 0.334 e. The molecular weight excluding hydrogens is 466 g/mol. The summed E-state index contributed by atoms with van der Waals surface area (Å²) in [6.07, 6.45) is 0.674. The smallest absolute Gasteiger partial charge is 0.265 e. The van der Waals surface area contributed by atoms with Crippen molar-refractivity contribution < 1.29 is 13.2 Å². The van der Waals surface area contributed by atoms with Crippen LogP contribution in [0, 0.1) is 0 Å². The van der Waals surface area contributed by atoms with E-state index in [1.54, 1.807) is 16.3 Å². The third-order valence-electron chi connectivity index (χ3n) is 6.10. The molecule has 0 radical (unpaired) electrons. The van der Waals surface area contributed by atoms with Crippen LogP contribution in [0.3, 0.4) is 0 Å². The Bertz CT molecular complexity index is 1250. The van der Waals surface area contributed by atoms with E-state index >= 15 is 0 Å². The maximum absolute atomic E-state index is 13.5. The predicted molar refractivity (Wildman–Crippen MR) is 136 cm³/mol. The van der Waals surface area contributed by atoms with Gasteiger partial charge in [0.25, 0.3) is 5.91 Å². The van der Waals surface area contributed by atoms with Gasteiger partial charge in [-0.1, -0.05) is 48.5 Å². The minimum absolute atomic E-state index is 0.113. The summed E-state index contributed by atoms with van der Waals surface area (Å²) in [5.41, 5.74) is 4.43. The van der Waals surface area contributed by atoms with Crippen LogP contribution in [0.1, 0.15) is 38.8 Å². The number of rotatable bonds is 8. The summed E-state index contributed by atoms with van der Waals surface area (Å²) in [6, 6.07) is 17.7. The molecule has 0 bridgehead atoms. The fourth-order valence-electron chi connectivity index (χ4n) is 4.28. The van der Waals surface area contributed by atoms with Gasteiger partial charge < -0.3 is 9.80 Å². The van der Waals surface area contributed by atoms with Crippen LogP contribution in [0.4, 0.5) is 0 Å². The van der Waals surface area contributed by atoms with Gasteiger partial charge in [-0.05, 0) is 61.1 Å². The molecule has 1 aliphatic heterocycles. The Hall–Kier alpha value is -2.52. The van der Waals surface area contributed by atoms with Gasteiger partial charge in [-0.15, -0.1) is 11.3 Å². The molecule has 180 valence electrons. The fraction of sp³-hybridized carbons (Fsp3) is 0.346. The standard InChI is InChI=1S/C26H31N3O3S2/c1-4-28(18-21-11-9-20(10-12-21)17-27(2)3)26(30)25-24(14-16-33-25)34(31,32)29-15-13-22-7-5-6-8-23(22)19-29/h5-12,14,16H,4,13,15,17-19H2,1-3H3. The number of nitrogens with zero attached hydrogens (tertiary/aromatic N) is 3. The summed E-state index contributed by atoms with van der Waals surface area (Å²) in [5, 5.41) is 1.70. The second-order valence-electron chi connectivity index (χ2n) is 8.84. The highest BCUT2D eigenvalue weighted by Crippen LogP contribution is 2.30. The van der Waals surface area contributed by atoms with Crippen molar-refractivity contribution in [2.75, 3.05) is 27.2 Å². The minimum Gasteiger partial charge on any atom is -0.334 e. The first-order valence-electron chi connectivity index (χ1n) is 11.5. The van der Waals surface area contributed by atoms with Gasteiger partial charge in [0.1, 0.15) is 9.77 Å². The summed E-state index contributed by atoms with van der Waals surface area (Å²) < 4.78 is 28.6. The van der Waals surface area contributed by atoms with Crippen molar-refractivity contribution >= 4 is 27.3 Å². The van der Waals surface area contributed by atoms with Crippen LogP contribution in [-0.4, -0.2) is 55.6 Å². The number of carbonyl (C=O) groups is 1. The van der Waals surface area contributed by atoms with E-state index in [1.807, 2.05) is 57.4 Å². The van der Waals surface area contributed by atoms with Crippen LogP contribution < -0.4 is 0 Å². The Morgan fingerprint density at radius 2 is 1.62 bits per heavy atom. The molecular formula is C26H31N3O3S2. The van der Waals surface area contributed by atoms with Gasteiger partial charge in [-0.3, -0.25) is 4.79 Å². The SMILES string of the molecule is CCN(Cc1ccc(CN(C)C)cc1)C(=O)c1sccc1S(=O)(=O)N1CCc2ccccc2C1. The third kappa shape index (κ3) is 5.25. The van der Waals surface area contributed by atoms with E-state index in [1.165, 1.54) is 26.8 Å². The lowest BCUT2D eigenvalue weighted by atomic mass is 10.0. The number of amides is 1. The highest BCUT2D eigenvalue weighted by Gasteiger charge is 2.33. The summed E-state index contributed by atoms with van der Waals surface area (Å²) >= 11 is 1.20. The van der Waals surface area contributed by atoms with E-state index in [9.17, 15) is 13.2 Å². The molecule has 0 unspecified atom stereocenters. The van der Waals surface area contributed by atoms with Gasteiger partial charge >= 0.3 is 0 Å². The van der Waals surface area contributed by atoms with Gasteiger partial charge in [0.05, 0.1) is 0 Å². The van der Waals surface area contributed by atoms with Crippen molar-refractivity contribution in [2.24, 2.45) is 0 Å².